The molecule has 3 nitrogen and oxygen atoms in total. The van der Waals surface area contributed by atoms with Crippen molar-refractivity contribution in [2.45, 2.75) is 32.1 Å². The Labute approximate surface area is 144 Å². The van der Waals surface area contributed by atoms with Gasteiger partial charge in [-0.3, -0.25) is 4.79 Å². The van der Waals surface area contributed by atoms with Crippen molar-refractivity contribution in [2.75, 3.05) is 19.6 Å². The third kappa shape index (κ3) is 3.16. The summed E-state index contributed by atoms with van der Waals surface area (Å²) in [6.45, 7) is 3.22. The minimum absolute atomic E-state index is 0.119. The van der Waals surface area contributed by atoms with Gasteiger partial charge in [-0.15, -0.1) is 0 Å². The molecule has 1 aliphatic heterocycles. The number of piperidine rings is 1. The number of ketones is 1. The predicted octanol–water partition coefficient (Wildman–Crippen LogP) is 3.57. The van der Waals surface area contributed by atoms with Crippen molar-refractivity contribution in [1.29, 1.82) is 5.26 Å². The first kappa shape index (κ1) is 15.6. The van der Waals surface area contributed by atoms with Gasteiger partial charge in [-0.2, -0.15) is 5.26 Å². The van der Waals surface area contributed by atoms with Crippen LogP contribution in [0.15, 0.2) is 47.1 Å². The summed E-state index contributed by atoms with van der Waals surface area (Å²) >= 11 is 0. The van der Waals surface area contributed by atoms with Crippen molar-refractivity contribution in [3.8, 4) is 6.07 Å². The molecular formula is C21H24N2O. The van der Waals surface area contributed by atoms with Crippen molar-refractivity contribution >= 4 is 5.78 Å². The molecule has 4 rings (SSSR count). The van der Waals surface area contributed by atoms with Gasteiger partial charge in [0.2, 0.25) is 0 Å². The molecule has 2 unspecified atom stereocenters. The van der Waals surface area contributed by atoms with E-state index in [0.29, 0.717) is 5.57 Å². The van der Waals surface area contributed by atoms with Gasteiger partial charge in [0.1, 0.15) is 0 Å². The molecule has 2 atom stereocenters. The standard InChI is InChI=1S/C21H24N2O/c22-12-19-11-18(10-16-4-1-2-6-20(16)19)21(24)17-5-3-9-23(14-17)13-15-7-8-15/h1-2,4,6,11,15-17H,3,5,7-10,13-14H2. The number of Topliss-reactive ketones (excluding diaryl/α,β-unsaturated/α-hetero) is 1. The van der Waals surface area contributed by atoms with E-state index < -0.39 is 0 Å². The second-order valence-electron chi connectivity index (χ2n) is 7.61. The van der Waals surface area contributed by atoms with E-state index in [-0.39, 0.29) is 17.6 Å². The van der Waals surface area contributed by atoms with E-state index in [0.717, 1.165) is 49.4 Å². The Morgan fingerprint density at radius 1 is 1.29 bits per heavy atom. The second-order valence-corrected chi connectivity index (χ2v) is 7.61. The van der Waals surface area contributed by atoms with Crippen LogP contribution < -0.4 is 0 Å². The van der Waals surface area contributed by atoms with Crippen molar-refractivity contribution in [1.82, 2.24) is 4.90 Å². The Morgan fingerprint density at radius 3 is 2.96 bits per heavy atom. The zero-order valence-electron chi connectivity index (χ0n) is 14.1. The number of rotatable bonds is 4. The highest BCUT2D eigenvalue weighted by molar-refractivity contribution is 5.98. The maximum Gasteiger partial charge on any atom is 0.163 e. The van der Waals surface area contributed by atoms with Crippen molar-refractivity contribution in [2.24, 2.45) is 17.8 Å². The van der Waals surface area contributed by atoms with Gasteiger partial charge in [0.15, 0.2) is 5.78 Å². The van der Waals surface area contributed by atoms with E-state index in [1.807, 2.05) is 24.3 Å². The average Bonchev–Trinajstić information content (AvgIpc) is 3.44. The lowest BCUT2D eigenvalue weighted by Gasteiger charge is -2.33. The normalized spacial score (nSPS) is 29.9. The number of likely N-dealkylation sites (tertiary alicyclic amines) is 1. The van der Waals surface area contributed by atoms with Crippen molar-refractivity contribution < 1.29 is 4.79 Å². The van der Waals surface area contributed by atoms with E-state index in [2.05, 4.69) is 17.0 Å². The molecule has 4 aliphatic rings. The maximum absolute atomic E-state index is 13.1. The zero-order chi connectivity index (χ0) is 16.5. The number of nitriles is 1. The molecule has 1 heterocycles. The topological polar surface area (TPSA) is 44.1 Å². The number of fused-ring (bicyclic) bond motifs is 1. The summed E-state index contributed by atoms with van der Waals surface area (Å²) in [7, 11) is 0. The van der Waals surface area contributed by atoms with Crippen LogP contribution in [0.25, 0.3) is 0 Å². The fourth-order valence-corrected chi connectivity index (χ4v) is 4.24. The monoisotopic (exact) mass is 320 g/mol. The SMILES string of the molecule is N#CC1=C2C=CC=CC2CC(C(=O)C2CCCN(CC3CC3)C2)=C1. The summed E-state index contributed by atoms with van der Waals surface area (Å²) in [5.74, 6) is 1.47. The van der Waals surface area contributed by atoms with Gasteiger partial charge in [-0.1, -0.05) is 24.3 Å². The van der Waals surface area contributed by atoms with Gasteiger partial charge < -0.3 is 4.90 Å². The van der Waals surface area contributed by atoms with Crippen LogP contribution in [0.4, 0.5) is 0 Å². The zero-order valence-corrected chi connectivity index (χ0v) is 14.1. The third-order valence-corrected chi connectivity index (χ3v) is 5.73. The van der Waals surface area contributed by atoms with Crippen LogP contribution in [-0.2, 0) is 4.79 Å². The minimum atomic E-state index is 0.119. The average molecular weight is 320 g/mol. The molecule has 0 amide bonds. The van der Waals surface area contributed by atoms with Crippen LogP contribution in [0.5, 0.6) is 0 Å². The molecule has 0 bridgehead atoms. The van der Waals surface area contributed by atoms with Crippen LogP contribution in [0.2, 0.25) is 0 Å². The first-order valence-electron chi connectivity index (χ1n) is 9.21. The first-order valence-corrected chi connectivity index (χ1v) is 9.21. The molecule has 3 aliphatic carbocycles. The highest BCUT2D eigenvalue weighted by Gasteiger charge is 2.33. The fourth-order valence-electron chi connectivity index (χ4n) is 4.24. The summed E-state index contributed by atoms with van der Waals surface area (Å²) < 4.78 is 0. The summed E-state index contributed by atoms with van der Waals surface area (Å²) in [6, 6.07) is 2.29. The lowest BCUT2D eigenvalue weighted by Crippen LogP contribution is -2.40. The number of hydrogen-bond acceptors (Lipinski definition) is 3. The molecule has 0 radical (unpaired) electrons. The number of hydrogen-bond donors (Lipinski definition) is 0. The van der Waals surface area contributed by atoms with E-state index >= 15 is 0 Å². The number of carbonyl (C=O) groups is 1. The summed E-state index contributed by atoms with van der Waals surface area (Å²) in [4.78, 5) is 15.6. The first-order chi connectivity index (χ1) is 11.7. The molecule has 2 fully saturated rings. The molecule has 0 aromatic rings. The van der Waals surface area contributed by atoms with E-state index in [1.54, 1.807) is 0 Å². The fraction of sp³-hybridized carbons (Fsp3) is 0.524. The van der Waals surface area contributed by atoms with Crippen LogP contribution in [-0.4, -0.2) is 30.3 Å². The summed E-state index contributed by atoms with van der Waals surface area (Å²) in [5, 5.41) is 9.46. The van der Waals surface area contributed by atoms with E-state index in [1.165, 1.54) is 19.4 Å². The summed E-state index contributed by atoms with van der Waals surface area (Å²) in [6.07, 6.45) is 15.6. The Bertz CT molecular complexity index is 700. The minimum Gasteiger partial charge on any atom is -0.302 e. The summed E-state index contributed by atoms with van der Waals surface area (Å²) in [5.41, 5.74) is 2.59. The molecule has 3 heteroatoms. The van der Waals surface area contributed by atoms with Crippen LogP contribution in [0.1, 0.15) is 32.1 Å². The quantitative estimate of drug-likeness (QED) is 0.795. The van der Waals surface area contributed by atoms with Gasteiger partial charge in [0, 0.05) is 24.9 Å². The molecule has 24 heavy (non-hydrogen) atoms. The van der Waals surface area contributed by atoms with Gasteiger partial charge in [-0.05, 0) is 61.8 Å². The van der Waals surface area contributed by atoms with Gasteiger partial charge in [0.25, 0.3) is 0 Å². The highest BCUT2D eigenvalue weighted by Crippen LogP contribution is 2.36. The molecular weight excluding hydrogens is 296 g/mol. The van der Waals surface area contributed by atoms with Gasteiger partial charge >= 0.3 is 0 Å². The largest absolute Gasteiger partial charge is 0.302 e. The van der Waals surface area contributed by atoms with Crippen LogP contribution >= 0.6 is 0 Å². The smallest absolute Gasteiger partial charge is 0.163 e. The van der Waals surface area contributed by atoms with Crippen molar-refractivity contribution in [3.63, 3.8) is 0 Å². The molecule has 1 saturated carbocycles. The number of allylic oxidation sites excluding steroid dienone is 8. The molecule has 1 saturated heterocycles. The van der Waals surface area contributed by atoms with Crippen molar-refractivity contribution in [3.05, 3.63) is 47.1 Å². The Morgan fingerprint density at radius 2 is 2.17 bits per heavy atom. The number of nitrogens with zero attached hydrogens (tertiary/aromatic N) is 2. The molecule has 124 valence electrons. The van der Waals surface area contributed by atoms with Crippen LogP contribution in [0, 0.1) is 29.1 Å². The lowest BCUT2D eigenvalue weighted by atomic mass is 9.77. The predicted molar refractivity (Wildman–Crippen MR) is 94.0 cm³/mol. The Balaban J connectivity index is 1.50. The Hall–Kier alpha value is -1.92. The molecule has 0 spiro atoms. The van der Waals surface area contributed by atoms with Crippen LogP contribution in [0.3, 0.4) is 0 Å². The van der Waals surface area contributed by atoms with Gasteiger partial charge in [-0.25, -0.2) is 0 Å². The van der Waals surface area contributed by atoms with E-state index in [9.17, 15) is 10.1 Å². The molecule has 0 aromatic heterocycles. The second kappa shape index (κ2) is 6.53. The highest BCUT2D eigenvalue weighted by atomic mass is 16.1. The third-order valence-electron chi connectivity index (χ3n) is 5.73. The van der Waals surface area contributed by atoms with Gasteiger partial charge in [0.05, 0.1) is 11.6 Å². The number of carbonyl (C=O) groups excluding carboxylic acids is 1. The molecule has 0 aromatic carbocycles. The van der Waals surface area contributed by atoms with E-state index in [4.69, 9.17) is 0 Å². The lowest BCUT2D eigenvalue weighted by molar-refractivity contribution is -0.121. The maximum atomic E-state index is 13.1. The molecule has 0 N–H and O–H groups in total. The Kier molecular flexibility index (Phi) is 4.24.